The topological polar surface area (TPSA) is 111 Å². The summed E-state index contributed by atoms with van der Waals surface area (Å²) in [7, 11) is 0. The standard InChI is InChI=1S/C29H24F5N7O2S/c1-17(2)22-5-3-4-6-23(22)40-24(42)16-44-27(40)38-36-15-18-7-9-19(10-8-18)25-37-26(35)41(39-25)20-11-13-21(14-12-20)43-29(33,34)28(30,31)32/h3-15,17H,16H2,1-2H3,(H2,35,37,39). The molecular formula is C29H24F5N7O2S. The van der Waals surface area contributed by atoms with Crippen LogP contribution < -0.4 is 15.4 Å². The minimum Gasteiger partial charge on any atom is -0.426 e. The number of amidine groups is 1. The Morgan fingerprint density at radius 1 is 1.00 bits per heavy atom. The van der Waals surface area contributed by atoms with Crippen molar-refractivity contribution in [3.05, 3.63) is 83.9 Å². The third-order valence-electron chi connectivity index (χ3n) is 6.37. The number of amides is 1. The van der Waals surface area contributed by atoms with Crippen LogP contribution in [0.2, 0.25) is 0 Å². The molecule has 0 radical (unpaired) electrons. The highest BCUT2D eigenvalue weighted by Crippen LogP contribution is 2.37. The Bertz CT molecular complexity index is 1720. The molecule has 3 aromatic carbocycles. The van der Waals surface area contributed by atoms with Gasteiger partial charge in [0.2, 0.25) is 11.9 Å². The fourth-order valence-corrected chi connectivity index (χ4v) is 5.03. The monoisotopic (exact) mass is 629 g/mol. The second kappa shape index (κ2) is 12.1. The van der Waals surface area contributed by atoms with Gasteiger partial charge in [-0.1, -0.05) is 68.1 Å². The van der Waals surface area contributed by atoms with Gasteiger partial charge >= 0.3 is 12.3 Å². The van der Waals surface area contributed by atoms with Crippen molar-refractivity contribution in [2.75, 3.05) is 16.4 Å². The smallest absolute Gasteiger partial charge is 0.426 e. The number of alkyl halides is 5. The molecule has 9 nitrogen and oxygen atoms in total. The molecule has 228 valence electrons. The van der Waals surface area contributed by atoms with Gasteiger partial charge in [0.1, 0.15) is 5.75 Å². The van der Waals surface area contributed by atoms with E-state index in [1.165, 1.54) is 28.6 Å². The number of hydrogen-bond donors (Lipinski definition) is 1. The highest BCUT2D eigenvalue weighted by atomic mass is 32.2. The molecule has 0 bridgehead atoms. The number of nitrogen functional groups attached to an aromatic ring is 1. The van der Waals surface area contributed by atoms with Gasteiger partial charge in [0.25, 0.3) is 0 Å². The summed E-state index contributed by atoms with van der Waals surface area (Å²) in [6, 6.07) is 19.0. The Labute approximate surface area is 252 Å². The van der Waals surface area contributed by atoms with Gasteiger partial charge in [0, 0.05) is 5.56 Å². The van der Waals surface area contributed by atoms with Crippen LogP contribution in [-0.4, -0.2) is 50.1 Å². The Balaban J connectivity index is 1.29. The maximum atomic E-state index is 13.2. The zero-order valence-electron chi connectivity index (χ0n) is 23.2. The number of anilines is 2. The van der Waals surface area contributed by atoms with Gasteiger partial charge in [-0.3, -0.25) is 9.69 Å². The Kier molecular flexibility index (Phi) is 8.41. The second-order valence-electron chi connectivity index (χ2n) is 9.80. The van der Waals surface area contributed by atoms with Crippen molar-refractivity contribution in [3.63, 3.8) is 0 Å². The van der Waals surface area contributed by atoms with E-state index in [9.17, 15) is 26.7 Å². The maximum Gasteiger partial charge on any atom is 0.499 e. The van der Waals surface area contributed by atoms with Crippen LogP contribution in [0.25, 0.3) is 17.1 Å². The molecule has 0 saturated carbocycles. The lowest BCUT2D eigenvalue weighted by molar-refractivity contribution is -0.360. The molecule has 0 unspecified atom stereocenters. The van der Waals surface area contributed by atoms with E-state index in [1.54, 1.807) is 35.4 Å². The number of ether oxygens (including phenoxy) is 1. The van der Waals surface area contributed by atoms with Gasteiger partial charge in [-0.2, -0.15) is 36.7 Å². The largest absolute Gasteiger partial charge is 0.499 e. The predicted molar refractivity (Wildman–Crippen MR) is 158 cm³/mol. The van der Waals surface area contributed by atoms with Crippen LogP contribution in [-0.2, 0) is 4.79 Å². The van der Waals surface area contributed by atoms with Gasteiger partial charge in [-0.25, -0.2) is 0 Å². The third kappa shape index (κ3) is 6.41. The molecule has 5 rings (SSSR count). The summed E-state index contributed by atoms with van der Waals surface area (Å²) in [5.74, 6) is -0.0712. The highest BCUT2D eigenvalue weighted by Gasteiger charge is 2.61. The SMILES string of the molecule is CC(C)c1ccccc1N1C(=O)CSC1=NN=Cc1ccc(-c2nc(N)n(-c3ccc(OC(F)(F)C(F)(F)F)cc3)n2)cc1. The first-order valence-electron chi connectivity index (χ1n) is 13.1. The molecule has 0 atom stereocenters. The van der Waals surface area contributed by atoms with Crippen molar-refractivity contribution in [3.8, 4) is 22.8 Å². The number of thioether (sulfide) groups is 1. The lowest BCUT2D eigenvalue weighted by Gasteiger charge is -2.20. The third-order valence-corrected chi connectivity index (χ3v) is 7.29. The average molecular weight is 630 g/mol. The molecule has 1 aromatic heterocycles. The fraction of sp³-hybridized carbons (Fsp3) is 0.207. The van der Waals surface area contributed by atoms with Crippen LogP contribution >= 0.6 is 11.8 Å². The van der Waals surface area contributed by atoms with Crippen LogP contribution in [0.5, 0.6) is 5.75 Å². The van der Waals surface area contributed by atoms with Gasteiger partial charge in [0.05, 0.1) is 23.3 Å². The second-order valence-corrected chi connectivity index (χ2v) is 10.7. The molecule has 44 heavy (non-hydrogen) atoms. The molecule has 1 saturated heterocycles. The van der Waals surface area contributed by atoms with Crippen molar-refractivity contribution in [2.24, 2.45) is 10.2 Å². The van der Waals surface area contributed by atoms with Crippen LogP contribution in [0.4, 0.5) is 33.6 Å². The van der Waals surface area contributed by atoms with Gasteiger partial charge in [-0.15, -0.1) is 10.2 Å². The Morgan fingerprint density at radius 2 is 1.68 bits per heavy atom. The summed E-state index contributed by atoms with van der Waals surface area (Å²) in [5.41, 5.74) is 9.36. The van der Waals surface area contributed by atoms with Crippen molar-refractivity contribution in [2.45, 2.75) is 32.1 Å². The number of hydrogen-bond acceptors (Lipinski definition) is 8. The number of nitrogens with zero attached hydrogens (tertiary/aromatic N) is 6. The number of rotatable bonds is 8. The first-order valence-corrected chi connectivity index (χ1v) is 14.1. The molecule has 15 heteroatoms. The van der Waals surface area contributed by atoms with Gasteiger partial charge in [0.15, 0.2) is 11.0 Å². The fourth-order valence-electron chi connectivity index (χ4n) is 4.21. The summed E-state index contributed by atoms with van der Waals surface area (Å²) in [6.07, 6.45) is -9.66. The van der Waals surface area contributed by atoms with E-state index >= 15 is 0 Å². The van der Waals surface area contributed by atoms with E-state index in [1.807, 2.05) is 24.3 Å². The van der Waals surface area contributed by atoms with Crippen LogP contribution in [0.15, 0.2) is 83.0 Å². The number of carbonyl (C=O) groups excluding carboxylic acids is 1. The van der Waals surface area contributed by atoms with E-state index < -0.39 is 18.0 Å². The molecule has 2 heterocycles. The normalized spacial score (nSPS) is 15.2. The van der Waals surface area contributed by atoms with Crippen molar-refractivity contribution < 1.29 is 31.5 Å². The molecule has 0 spiro atoms. The Hall–Kier alpha value is -4.79. The van der Waals surface area contributed by atoms with Crippen LogP contribution in [0, 0.1) is 0 Å². The summed E-state index contributed by atoms with van der Waals surface area (Å²) in [6.45, 7) is 4.12. The number of aromatic nitrogens is 3. The quantitative estimate of drug-likeness (QED) is 0.133. The van der Waals surface area contributed by atoms with E-state index in [0.717, 1.165) is 23.4 Å². The number of benzene rings is 3. The molecule has 0 aliphatic carbocycles. The maximum absolute atomic E-state index is 13.2. The average Bonchev–Trinajstić information content (AvgIpc) is 3.55. The van der Waals surface area contributed by atoms with Crippen LogP contribution in [0.1, 0.15) is 30.9 Å². The summed E-state index contributed by atoms with van der Waals surface area (Å²) < 4.78 is 68.6. The minimum atomic E-state index is -5.86. The molecule has 4 aromatic rings. The van der Waals surface area contributed by atoms with Crippen molar-refractivity contribution in [1.29, 1.82) is 0 Å². The van der Waals surface area contributed by atoms with Crippen LogP contribution in [0.3, 0.4) is 0 Å². The number of carbonyl (C=O) groups is 1. The van der Waals surface area contributed by atoms with Gasteiger partial charge < -0.3 is 10.5 Å². The first kappa shape index (κ1) is 30.7. The zero-order valence-corrected chi connectivity index (χ0v) is 24.0. The molecule has 1 amide bonds. The summed E-state index contributed by atoms with van der Waals surface area (Å²) >= 11 is 1.31. The van der Waals surface area contributed by atoms with Crippen molar-refractivity contribution >= 4 is 40.7 Å². The molecule has 1 aliphatic heterocycles. The zero-order chi connectivity index (χ0) is 31.6. The van der Waals surface area contributed by atoms with E-state index in [4.69, 9.17) is 5.73 Å². The number of para-hydroxylation sites is 1. The molecule has 1 fully saturated rings. The molecule has 1 aliphatic rings. The molecule has 2 N–H and O–H groups in total. The highest BCUT2D eigenvalue weighted by molar-refractivity contribution is 8.15. The van der Waals surface area contributed by atoms with Gasteiger partial charge in [-0.05, 0) is 47.4 Å². The predicted octanol–water partition coefficient (Wildman–Crippen LogP) is 6.64. The van der Waals surface area contributed by atoms with E-state index in [-0.39, 0.29) is 35.0 Å². The van der Waals surface area contributed by atoms with E-state index in [0.29, 0.717) is 16.3 Å². The minimum absolute atomic E-state index is 0.0389. The summed E-state index contributed by atoms with van der Waals surface area (Å²) in [5, 5.41) is 13.3. The first-order chi connectivity index (χ1) is 20.8. The summed E-state index contributed by atoms with van der Waals surface area (Å²) in [4.78, 5) is 18.5. The van der Waals surface area contributed by atoms with Crippen molar-refractivity contribution in [1.82, 2.24) is 14.8 Å². The van der Waals surface area contributed by atoms with E-state index in [2.05, 4.69) is 38.9 Å². The lowest BCUT2D eigenvalue weighted by atomic mass is 10.0. The molecular weight excluding hydrogens is 605 g/mol. The Morgan fingerprint density at radius 3 is 2.34 bits per heavy atom. The number of halogens is 5. The number of nitrogens with two attached hydrogens (primary N) is 1. The lowest BCUT2D eigenvalue weighted by Crippen LogP contribution is -2.41.